The van der Waals surface area contributed by atoms with Crippen LogP contribution in [0, 0.1) is 0 Å². The lowest BCUT2D eigenvalue weighted by atomic mass is 10.1. The number of thiophene rings is 1. The lowest BCUT2D eigenvalue weighted by molar-refractivity contribution is 0.212. The van der Waals surface area contributed by atoms with E-state index in [0.29, 0.717) is 12.6 Å². The molecular weight excluding hydrogens is 272 g/mol. The van der Waals surface area contributed by atoms with Crippen molar-refractivity contribution in [3.63, 3.8) is 0 Å². The van der Waals surface area contributed by atoms with Crippen molar-refractivity contribution >= 4 is 21.6 Å². The van der Waals surface area contributed by atoms with E-state index in [9.17, 15) is 4.79 Å². The van der Waals surface area contributed by atoms with Crippen molar-refractivity contribution in [1.82, 2.24) is 20.2 Å². The standard InChI is InChI=1S/C14H20N4OS/c1-18(10-3-2-6-15-7-4-10)9-12-16-11-5-8-20-13(11)14(19)17-12/h5,8,10,15H,2-4,6-7,9H2,1H3,(H,16,17,19). The van der Waals surface area contributed by atoms with E-state index in [4.69, 9.17) is 0 Å². The summed E-state index contributed by atoms with van der Waals surface area (Å²) in [7, 11) is 2.12. The van der Waals surface area contributed by atoms with Gasteiger partial charge >= 0.3 is 0 Å². The quantitative estimate of drug-likeness (QED) is 0.901. The van der Waals surface area contributed by atoms with E-state index in [1.54, 1.807) is 0 Å². The molecule has 0 aliphatic carbocycles. The Morgan fingerprint density at radius 1 is 1.45 bits per heavy atom. The van der Waals surface area contributed by atoms with E-state index in [1.165, 1.54) is 24.2 Å². The van der Waals surface area contributed by atoms with Gasteiger partial charge in [-0.1, -0.05) is 0 Å². The van der Waals surface area contributed by atoms with Crippen LogP contribution < -0.4 is 10.9 Å². The maximum Gasteiger partial charge on any atom is 0.268 e. The summed E-state index contributed by atoms with van der Waals surface area (Å²) in [5, 5.41) is 5.34. The van der Waals surface area contributed by atoms with Crippen LogP contribution >= 0.6 is 11.3 Å². The molecule has 108 valence electrons. The smallest absolute Gasteiger partial charge is 0.268 e. The number of hydrogen-bond acceptors (Lipinski definition) is 5. The average Bonchev–Trinajstić information content (AvgIpc) is 2.73. The molecule has 1 unspecified atom stereocenters. The predicted molar refractivity (Wildman–Crippen MR) is 82.2 cm³/mol. The van der Waals surface area contributed by atoms with Crippen molar-refractivity contribution in [2.75, 3.05) is 20.1 Å². The van der Waals surface area contributed by atoms with Crippen molar-refractivity contribution in [2.45, 2.75) is 31.8 Å². The SMILES string of the molecule is CN(Cc1nc2ccsc2c(=O)[nH]1)C1CCCNCC1. The zero-order valence-electron chi connectivity index (χ0n) is 11.7. The first-order chi connectivity index (χ1) is 9.74. The Balaban J connectivity index is 1.76. The van der Waals surface area contributed by atoms with Gasteiger partial charge in [0, 0.05) is 6.04 Å². The third-order valence-electron chi connectivity index (χ3n) is 3.93. The van der Waals surface area contributed by atoms with Crippen LogP contribution in [0.4, 0.5) is 0 Å². The monoisotopic (exact) mass is 292 g/mol. The van der Waals surface area contributed by atoms with Crippen molar-refractivity contribution in [1.29, 1.82) is 0 Å². The van der Waals surface area contributed by atoms with Gasteiger partial charge in [0.2, 0.25) is 0 Å². The second-order valence-electron chi connectivity index (χ2n) is 5.40. The van der Waals surface area contributed by atoms with E-state index >= 15 is 0 Å². The van der Waals surface area contributed by atoms with Gasteiger partial charge in [-0.2, -0.15) is 0 Å². The van der Waals surface area contributed by atoms with Gasteiger partial charge in [0.05, 0.1) is 12.1 Å². The molecule has 0 spiro atoms. The van der Waals surface area contributed by atoms with Crippen LogP contribution in [0.15, 0.2) is 16.2 Å². The third kappa shape index (κ3) is 2.92. The Hall–Kier alpha value is -1.24. The summed E-state index contributed by atoms with van der Waals surface area (Å²) < 4.78 is 0.718. The number of rotatable bonds is 3. The fraction of sp³-hybridized carbons (Fsp3) is 0.571. The van der Waals surface area contributed by atoms with E-state index in [0.717, 1.165) is 35.6 Å². The van der Waals surface area contributed by atoms with Crippen LogP contribution in [-0.2, 0) is 6.54 Å². The highest BCUT2D eigenvalue weighted by Crippen LogP contribution is 2.16. The molecule has 1 fully saturated rings. The Morgan fingerprint density at radius 2 is 2.35 bits per heavy atom. The number of nitrogens with one attached hydrogen (secondary N) is 2. The minimum Gasteiger partial charge on any atom is -0.317 e. The minimum absolute atomic E-state index is 0.0177. The molecule has 0 amide bonds. The zero-order valence-corrected chi connectivity index (χ0v) is 12.5. The first-order valence-electron chi connectivity index (χ1n) is 7.11. The summed E-state index contributed by atoms with van der Waals surface area (Å²) in [5.74, 6) is 0.764. The lowest BCUT2D eigenvalue weighted by Gasteiger charge is -2.26. The molecule has 1 aliphatic rings. The van der Waals surface area contributed by atoms with Crippen LogP contribution in [0.2, 0.25) is 0 Å². The molecule has 6 heteroatoms. The summed E-state index contributed by atoms with van der Waals surface area (Å²) in [5.41, 5.74) is 0.792. The van der Waals surface area contributed by atoms with E-state index in [2.05, 4.69) is 27.2 Å². The Labute approximate surface area is 122 Å². The molecule has 1 aliphatic heterocycles. The predicted octanol–water partition coefficient (Wildman–Crippen LogP) is 1.56. The minimum atomic E-state index is -0.0177. The molecule has 3 rings (SSSR count). The van der Waals surface area contributed by atoms with Gasteiger partial charge in [-0.3, -0.25) is 9.69 Å². The maximum absolute atomic E-state index is 12.0. The number of H-pyrrole nitrogens is 1. The van der Waals surface area contributed by atoms with Crippen molar-refractivity contribution in [3.05, 3.63) is 27.6 Å². The highest BCUT2D eigenvalue weighted by atomic mass is 32.1. The molecule has 1 atom stereocenters. The molecule has 0 bridgehead atoms. The molecule has 2 N–H and O–H groups in total. The fourth-order valence-corrected chi connectivity index (χ4v) is 3.53. The molecule has 2 aromatic rings. The van der Waals surface area contributed by atoms with Crippen LogP contribution in [0.5, 0.6) is 0 Å². The molecule has 3 heterocycles. The molecule has 5 nitrogen and oxygen atoms in total. The number of hydrogen-bond donors (Lipinski definition) is 2. The van der Waals surface area contributed by atoms with Gasteiger partial charge < -0.3 is 10.3 Å². The highest BCUT2D eigenvalue weighted by molar-refractivity contribution is 7.17. The summed E-state index contributed by atoms with van der Waals surface area (Å²) in [4.78, 5) is 21.7. The number of fused-ring (bicyclic) bond motifs is 1. The van der Waals surface area contributed by atoms with Crippen molar-refractivity contribution < 1.29 is 0 Å². The summed E-state index contributed by atoms with van der Waals surface area (Å²) >= 11 is 1.44. The van der Waals surface area contributed by atoms with Crippen LogP contribution in [-0.4, -0.2) is 41.0 Å². The maximum atomic E-state index is 12.0. The van der Waals surface area contributed by atoms with Gasteiger partial charge in [-0.05, 0) is 50.8 Å². The van der Waals surface area contributed by atoms with Crippen LogP contribution in [0.1, 0.15) is 25.1 Å². The van der Waals surface area contributed by atoms with Crippen LogP contribution in [0.3, 0.4) is 0 Å². The second-order valence-corrected chi connectivity index (χ2v) is 6.31. The Bertz CT molecular complexity index is 627. The Morgan fingerprint density at radius 3 is 3.25 bits per heavy atom. The second kappa shape index (κ2) is 6.03. The number of aromatic amines is 1. The summed E-state index contributed by atoms with van der Waals surface area (Å²) in [6.07, 6.45) is 3.57. The highest BCUT2D eigenvalue weighted by Gasteiger charge is 2.17. The normalized spacial score (nSPS) is 20.4. The van der Waals surface area contributed by atoms with Gasteiger partial charge in [0.15, 0.2) is 0 Å². The van der Waals surface area contributed by atoms with Gasteiger partial charge in [-0.15, -0.1) is 11.3 Å². The number of aromatic nitrogens is 2. The molecule has 0 aromatic carbocycles. The zero-order chi connectivity index (χ0) is 13.9. The molecular formula is C14H20N4OS. The molecule has 20 heavy (non-hydrogen) atoms. The van der Waals surface area contributed by atoms with E-state index in [1.807, 2.05) is 11.4 Å². The topological polar surface area (TPSA) is 61.0 Å². The molecule has 1 saturated heterocycles. The number of nitrogens with zero attached hydrogens (tertiary/aromatic N) is 2. The molecule has 0 saturated carbocycles. The van der Waals surface area contributed by atoms with Crippen molar-refractivity contribution in [3.8, 4) is 0 Å². The largest absolute Gasteiger partial charge is 0.317 e. The van der Waals surface area contributed by atoms with Crippen LogP contribution in [0.25, 0.3) is 10.2 Å². The van der Waals surface area contributed by atoms with Gasteiger partial charge in [0.25, 0.3) is 5.56 Å². The van der Waals surface area contributed by atoms with E-state index < -0.39 is 0 Å². The van der Waals surface area contributed by atoms with Crippen molar-refractivity contribution in [2.24, 2.45) is 0 Å². The first-order valence-corrected chi connectivity index (χ1v) is 7.99. The van der Waals surface area contributed by atoms with E-state index in [-0.39, 0.29) is 5.56 Å². The average molecular weight is 292 g/mol. The summed E-state index contributed by atoms with van der Waals surface area (Å²) in [6.45, 7) is 2.88. The Kier molecular flexibility index (Phi) is 4.14. The first kappa shape index (κ1) is 13.7. The fourth-order valence-electron chi connectivity index (χ4n) is 2.80. The van der Waals surface area contributed by atoms with Gasteiger partial charge in [0.1, 0.15) is 10.5 Å². The third-order valence-corrected chi connectivity index (χ3v) is 4.83. The summed E-state index contributed by atoms with van der Waals surface area (Å²) in [6, 6.07) is 2.47. The lowest BCUT2D eigenvalue weighted by Crippen LogP contribution is -2.33. The van der Waals surface area contributed by atoms with Gasteiger partial charge in [-0.25, -0.2) is 4.98 Å². The molecule has 0 radical (unpaired) electrons. The molecule has 2 aromatic heterocycles.